The molecule has 0 unspecified atom stereocenters. The van der Waals surface area contributed by atoms with Crippen molar-refractivity contribution in [2.24, 2.45) is 0 Å². The molecule has 0 aliphatic carbocycles. The van der Waals surface area contributed by atoms with Crippen molar-refractivity contribution in [2.45, 2.75) is 37.6 Å². The smallest absolute Gasteiger partial charge is 0.303 e. The molecule has 8 heteroatoms. The van der Waals surface area contributed by atoms with Crippen LogP contribution >= 0.6 is 11.6 Å². The van der Waals surface area contributed by atoms with Crippen molar-refractivity contribution < 1.29 is 22.7 Å². The maximum absolute atomic E-state index is 13.0. The van der Waals surface area contributed by atoms with E-state index in [4.69, 9.17) is 16.7 Å². The van der Waals surface area contributed by atoms with E-state index in [1.807, 2.05) is 0 Å². The zero-order valence-electron chi connectivity index (χ0n) is 11.7. The van der Waals surface area contributed by atoms with Gasteiger partial charge in [0, 0.05) is 19.0 Å². The van der Waals surface area contributed by atoms with E-state index in [0.29, 0.717) is 0 Å². The summed E-state index contributed by atoms with van der Waals surface area (Å²) in [6.45, 7) is 3.41. The van der Waals surface area contributed by atoms with Gasteiger partial charge in [-0.3, -0.25) is 4.79 Å². The topological polar surface area (TPSA) is 74.7 Å². The first-order valence-corrected chi connectivity index (χ1v) is 8.16. The van der Waals surface area contributed by atoms with E-state index in [0.717, 1.165) is 22.5 Å². The number of aliphatic carboxylic acids is 1. The maximum Gasteiger partial charge on any atom is 0.303 e. The number of benzene rings is 1. The summed E-state index contributed by atoms with van der Waals surface area (Å²) in [5.41, 5.74) is 0. The Balaban J connectivity index is 3.07. The Hall–Kier alpha value is -1.18. The van der Waals surface area contributed by atoms with Crippen LogP contribution in [0.15, 0.2) is 23.1 Å². The van der Waals surface area contributed by atoms with Crippen LogP contribution in [-0.4, -0.2) is 36.4 Å². The highest BCUT2D eigenvalue weighted by Crippen LogP contribution is 2.26. The monoisotopic (exact) mass is 337 g/mol. The third kappa shape index (κ3) is 4.66. The first kappa shape index (κ1) is 17.9. The van der Waals surface area contributed by atoms with E-state index < -0.39 is 21.8 Å². The fourth-order valence-electron chi connectivity index (χ4n) is 1.85. The lowest BCUT2D eigenvalue weighted by molar-refractivity contribution is -0.137. The Kier molecular flexibility index (Phi) is 6.12. The van der Waals surface area contributed by atoms with E-state index in [2.05, 4.69) is 0 Å². The summed E-state index contributed by atoms with van der Waals surface area (Å²) in [6.07, 6.45) is 0.0570. The van der Waals surface area contributed by atoms with Crippen LogP contribution in [0.2, 0.25) is 5.02 Å². The van der Waals surface area contributed by atoms with Crippen molar-refractivity contribution in [3.05, 3.63) is 29.0 Å². The van der Waals surface area contributed by atoms with Gasteiger partial charge in [0.2, 0.25) is 10.0 Å². The second-order valence-corrected chi connectivity index (χ2v) is 7.05. The van der Waals surface area contributed by atoms with Crippen LogP contribution < -0.4 is 0 Å². The summed E-state index contributed by atoms with van der Waals surface area (Å²) in [5, 5.41) is 8.43. The normalized spacial score (nSPS) is 12.1. The number of sulfonamides is 1. The van der Waals surface area contributed by atoms with Gasteiger partial charge >= 0.3 is 5.97 Å². The molecule has 1 aromatic rings. The van der Waals surface area contributed by atoms with Crippen LogP contribution in [0.4, 0.5) is 4.39 Å². The summed E-state index contributed by atoms with van der Waals surface area (Å²) in [5.74, 6) is -1.61. The quantitative estimate of drug-likeness (QED) is 0.830. The zero-order chi connectivity index (χ0) is 16.2. The van der Waals surface area contributed by atoms with Crippen molar-refractivity contribution in [3.8, 4) is 0 Å². The van der Waals surface area contributed by atoms with Crippen LogP contribution in [0.5, 0.6) is 0 Å². The minimum absolute atomic E-state index is 0.0556. The van der Waals surface area contributed by atoms with Crippen molar-refractivity contribution in [1.29, 1.82) is 0 Å². The van der Waals surface area contributed by atoms with Crippen molar-refractivity contribution >= 4 is 27.6 Å². The molecule has 0 spiro atoms. The average molecular weight is 338 g/mol. The molecule has 0 radical (unpaired) electrons. The Bertz CT molecular complexity index is 619. The molecule has 0 atom stereocenters. The molecule has 0 aromatic heterocycles. The molecule has 0 saturated carbocycles. The highest BCUT2D eigenvalue weighted by atomic mass is 35.5. The molecular weight excluding hydrogens is 321 g/mol. The number of carboxylic acids is 1. The van der Waals surface area contributed by atoms with Crippen molar-refractivity contribution in [2.75, 3.05) is 6.54 Å². The van der Waals surface area contributed by atoms with Gasteiger partial charge in [-0.15, -0.1) is 0 Å². The Labute approximate surface area is 128 Å². The minimum atomic E-state index is -3.90. The van der Waals surface area contributed by atoms with Gasteiger partial charge < -0.3 is 5.11 Å². The summed E-state index contributed by atoms with van der Waals surface area (Å²) >= 11 is 5.81. The Morgan fingerprint density at radius 3 is 2.52 bits per heavy atom. The Morgan fingerprint density at radius 1 is 1.43 bits per heavy atom. The number of hydrogen-bond acceptors (Lipinski definition) is 3. The van der Waals surface area contributed by atoms with Gasteiger partial charge in [0.1, 0.15) is 10.7 Å². The van der Waals surface area contributed by atoms with Gasteiger partial charge in [-0.05, 0) is 38.5 Å². The largest absolute Gasteiger partial charge is 0.481 e. The molecule has 1 aromatic carbocycles. The molecule has 21 heavy (non-hydrogen) atoms. The lowest BCUT2D eigenvalue weighted by Crippen LogP contribution is -2.38. The van der Waals surface area contributed by atoms with Crippen LogP contribution in [0.3, 0.4) is 0 Å². The molecule has 0 bridgehead atoms. The van der Waals surface area contributed by atoms with E-state index in [1.165, 1.54) is 0 Å². The molecule has 1 rings (SSSR count). The van der Waals surface area contributed by atoms with Crippen LogP contribution in [-0.2, 0) is 14.8 Å². The van der Waals surface area contributed by atoms with Gasteiger partial charge in [0.05, 0.1) is 5.02 Å². The van der Waals surface area contributed by atoms with Gasteiger partial charge in [-0.1, -0.05) is 11.6 Å². The third-order valence-electron chi connectivity index (χ3n) is 2.83. The second kappa shape index (κ2) is 7.20. The first-order valence-electron chi connectivity index (χ1n) is 6.35. The van der Waals surface area contributed by atoms with E-state index in [9.17, 15) is 17.6 Å². The van der Waals surface area contributed by atoms with Crippen LogP contribution in [0.1, 0.15) is 26.7 Å². The van der Waals surface area contributed by atoms with E-state index in [1.54, 1.807) is 13.8 Å². The predicted molar refractivity (Wildman–Crippen MR) is 77.3 cm³/mol. The predicted octanol–water partition coefficient (Wildman–Crippen LogP) is 2.74. The maximum atomic E-state index is 13.0. The zero-order valence-corrected chi connectivity index (χ0v) is 13.3. The molecular formula is C13H17ClFNO4S. The second-order valence-electron chi connectivity index (χ2n) is 4.78. The summed E-state index contributed by atoms with van der Waals surface area (Å²) in [4.78, 5) is 10.3. The SMILES string of the molecule is CC(C)N(CCCC(=O)O)S(=O)(=O)c1ccc(F)cc1Cl. The van der Waals surface area contributed by atoms with Crippen molar-refractivity contribution in [1.82, 2.24) is 4.31 Å². The van der Waals surface area contributed by atoms with Crippen molar-refractivity contribution in [3.63, 3.8) is 0 Å². The standard InChI is InChI=1S/C13H17ClFNO4S/c1-9(2)16(7-3-4-13(17)18)21(19,20)12-6-5-10(15)8-11(12)14/h5-6,8-9H,3-4,7H2,1-2H3,(H,17,18). The number of hydrogen-bond donors (Lipinski definition) is 1. The fourth-order valence-corrected chi connectivity index (χ4v) is 4.04. The number of carbonyl (C=O) groups is 1. The number of halogens is 2. The molecule has 118 valence electrons. The molecule has 5 nitrogen and oxygen atoms in total. The molecule has 0 saturated heterocycles. The fraction of sp³-hybridized carbons (Fsp3) is 0.462. The van der Waals surface area contributed by atoms with Gasteiger partial charge in [-0.25, -0.2) is 12.8 Å². The summed E-state index contributed by atoms with van der Waals surface area (Å²) in [6, 6.07) is 2.70. The van der Waals surface area contributed by atoms with Crippen LogP contribution in [0.25, 0.3) is 0 Å². The molecule has 0 fully saturated rings. The summed E-state index contributed by atoms with van der Waals surface area (Å²) in [7, 11) is -3.90. The number of carboxylic acid groups (broad SMARTS) is 1. The first-order chi connectivity index (χ1) is 9.66. The summed E-state index contributed by atoms with van der Waals surface area (Å²) < 4.78 is 39.3. The molecule has 0 aliphatic rings. The molecule has 0 amide bonds. The van der Waals surface area contributed by atoms with Gasteiger partial charge in [-0.2, -0.15) is 4.31 Å². The average Bonchev–Trinajstić information content (AvgIpc) is 2.32. The number of rotatable bonds is 7. The van der Waals surface area contributed by atoms with E-state index >= 15 is 0 Å². The van der Waals surface area contributed by atoms with Gasteiger partial charge in [0.15, 0.2) is 0 Å². The lowest BCUT2D eigenvalue weighted by Gasteiger charge is -2.26. The third-order valence-corrected chi connectivity index (χ3v) is 5.38. The Morgan fingerprint density at radius 2 is 2.05 bits per heavy atom. The number of nitrogens with zero attached hydrogens (tertiary/aromatic N) is 1. The van der Waals surface area contributed by atoms with Crippen LogP contribution in [0, 0.1) is 5.82 Å². The van der Waals surface area contributed by atoms with E-state index in [-0.39, 0.29) is 35.3 Å². The molecule has 0 heterocycles. The molecule has 1 N–H and O–H groups in total. The highest BCUT2D eigenvalue weighted by Gasteiger charge is 2.28. The van der Waals surface area contributed by atoms with Gasteiger partial charge in [0.25, 0.3) is 0 Å². The minimum Gasteiger partial charge on any atom is -0.481 e. The molecule has 0 aliphatic heterocycles. The highest BCUT2D eigenvalue weighted by molar-refractivity contribution is 7.89. The lowest BCUT2D eigenvalue weighted by atomic mass is 10.3.